The Morgan fingerprint density at radius 3 is 2.95 bits per heavy atom. The van der Waals surface area contributed by atoms with Gasteiger partial charge in [-0.05, 0) is 18.6 Å². The van der Waals surface area contributed by atoms with Crippen molar-refractivity contribution in [3.63, 3.8) is 0 Å². The van der Waals surface area contributed by atoms with Gasteiger partial charge in [0, 0.05) is 30.9 Å². The summed E-state index contributed by atoms with van der Waals surface area (Å²) in [4.78, 5) is 18.0. The molecule has 110 valence electrons. The number of aromatic nitrogens is 1. The van der Waals surface area contributed by atoms with Gasteiger partial charge >= 0.3 is 0 Å². The van der Waals surface area contributed by atoms with Gasteiger partial charge in [0.1, 0.15) is 0 Å². The number of nitrogens with one attached hydrogen (secondary N) is 1. The number of nitrogens with zero attached hydrogens (tertiary/aromatic N) is 2. The molecule has 1 aliphatic rings. The molecule has 0 aliphatic carbocycles. The molecule has 1 unspecified atom stereocenters. The molecule has 8 heteroatoms. The molecule has 0 radical (unpaired) electrons. The summed E-state index contributed by atoms with van der Waals surface area (Å²) < 4.78 is 24.4. The normalized spacial score (nSPS) is 19.3. The van der Waals surface area contributed by atoms with Crippen molar-refractivity contribution in [1.29, 1.82) is 0 Å². The number of likely N-dealkylation sites (tertiary alicyclic amines) is 1. The molecule has 2 heterocycles. The highest BCUT2D eigenvalue weighted by atomic mass is 32.2. The minimum absolute atomic E-state index is 0.0344. The molecule has 1 aromatic heterocycles. The van der Waals surface area contributed by atoms with Gasteiger partial charge in [-0.3, -0.25) is 9.78 Å². The summed E-state index contributed by atoms with van der Waals surface area (Å²) in [6.07, 6.45) is 3.38. The topological polar surface area (TPSA) is 105 Å². The number of nitrogens with two attached hydrogens (primary N) is 1. The summed E-state index contributed by atoms with van der Waals surface area (Å²) in [6.45, 7) is 1.27. The minimum atomic E-state index is -3.28. The van der Waals surface area contributed by atoms with E-state index >= 15 is 0 Å². The first-order chi connectivity index (χ1) is 9.35. The monoisotopic (exact) mass is 298 g/mol. The fraction of sp³-hybridized carbons (Fsp3) is 0.500. The van der Waals surface area contributed by atoms with E-state index in [2.05, 4.69) is 9.71 Å². The summed E-state index contributed by atoms with van der Waals surface area (Å²) in [5.41, 5.74) is 6.79. The molecular weight excluding hydrogens is 280 g/mol. The van der Waals surface area contributed by atoms with Crippen LogP contribution in [-0.2, 0) is 16.6 Å². The van der Waals surface area contributed by atoms with Crippen LogP contribution in [0.5, 0.6) is 0 Å². The summed E-state index contributed by atoms with van der Waals surface area (Å²) in [6, 6.07) is 3.26. The Bertz CT molecular complexity index is 602. The van der Waals surface area contributed by atoms with E-state index in [4.69, 9.17) is 5.73 Å². The number of rotatable bonds is 4. The van der Waals surface area contributed by atoms with Crippen LogP contribution in [0, 0.1) is 0 Å². The molecule has 1 amide bonds. The fourth-order valence-electron chi connectivity index (χ4n) is 2.07. The Kier molecular flexibility index (Phi) is 4.36. The van der Waals surface area contributed by atoms with Gasteiger partial charge in [-0.25, -0.2) is 13.1 Å². The van der Waals surface area contributed by atoms with Gasteiger partial charge in [-0.15, -0.1) is 0 Å². The zero-order valence-corrected chi connectivity index (χ0v) is 12.1. The van der Waals surface area contributed by atoms with Gasteiger partial charge in [0.2, 0.25) is 10.0 Å². The van der Waals surface area contributed by atoms with Crippen molar-refractivity contribution < 1.29 is 13.2 Å². The first-order valence-corrected chi connectivity index (χ1v) is 8.19. The number of pyridine rings is 1. The van der Waals surface area contributed by atoms with Gasteiger partial charge in [0.25, 0.3) is 5.91 Å². The van der Waals surface area contributed by atoms with Crippen molar-refractivity contribution in [3.8, 4) is 0 Å². The lowest BCUT2D eigenvalue weighted by Gasteiger charge is -2.16. The quantitative estimate of drug-likeness (QED) is 0.765. The molecule has 1 fully saturated rings. The van der Waals surface area contributed by atoms with Crippen LogP contribution < -0.4 is 10.5 Å². The van der Waals surface area contributed by atoms with Crippen molar-refractivity contribution in [2.75, 3.05) is 19.3 Å². The average Bonchev–Trinajstić information content (AvgIpc) is 2.82. The molecule has 7 nitrogen and oxygen atoms in total. The summed E-state index contributed by atoms with van der Waals surface area (Å²) in [5, 5.41) is 0. The molecule has 0 spiro atoms. The highest BCUT2D eigenvalue weighted by Gasteiger charge is 2.24. The number of carbonyl (C=O) groups excluding carboxylic acids is 1. The van der Waals surface area contributed by atoms with Crippen molar-refractivity contribution in [2.24, 2.45) is 5.73 Å². The molecule has 1 atom stereocenters. The zero-order valence-electron chi connectivity index (χ0n) is 11.2. The van der Waals surface area contributed by atoms with Gasteiger partial charge in [-0.1, -0.05) is 0 Å². The Balaban J connectivity index is 2.07. The molecule has 2 rings (SSSR count). The maximum absolute atomic E-state index is 12.2. The lowest BCUT2D eigenvalue weighted by atomic mass is 10.2. The number of hydrogen-bond donors (Lipinski definition) is 2. The van der Waals surface area contributed by atoms with Crippen molar-refractivity contribution in [2.45, 2.75) is 19.0 Å². The van der Waals surface area contributed by atoms with Crippen LogP contribution in [0.3, 0.4) is 0 Å². The van der Waals surface area contributed by atoms with Gasteiger partial charge < -0.3 is 10.6 Å². The molecule has 1 aliphatic heterocycles. The standard InChI is InChI=1S/C12H18N4O3S/c1-20(18,19)15-7-11-6-9(2-4-14-11)12(17)16-5-3-10(13)8-16/h2,4,6,10,15H,3,5,7-8,13H2,1H3. The predicted octanol–water partition coefficient (Wildman–Crippen LogP) is -0.696. The van der Waals surface area contributed by atoms with Gasteiger partial charge in [0.05, 0.1) is 18.5 Å². The van der Waals surface area contributed by atoms with E-state index in [0.29, 0.717) is 24.3 Å². The van der Waals surface area contributed by atoms with Crippen LogP contribution in [0.2, 0.25) is 0 Å². The Morgan fingerprint density at radius 2 is 2.35 bits per heavy atom. The van der Waals surface area contributed by atoms with E-state index < -0.39 is 10.0 Å². The van der Waals surface area contributed by atoms with E-state index in [9.17, 15) is 13.2 Å². The molecule has 0 bridgehead atoms. The number of hydrogen-bond acceptors (Lipinski definition) is 5. The van der Waals surface area contributed by atoms with Crippen LogP contribution in [0.15, 0.2) is 18.3 Å². The van der Waals surface area contributed by atoms with Crippen molar-refractivity contribution >= 4 is 15.9 Å². The third-order valence-electron chi connectivity index (χ3n) is 3.09. The maximum Gasteiger partial charge on any atom is 0.254 e. The Morgan fingerprint density at radius 1 is 1.60 bits per heavy atom. The molecular formula is C12H18N4O3S. The van der Waals surface area contributed by atoms with Gasteiger partial charge in [-0.2, -0.15) is 0 Å². The number of amides is 1. The minimum Gasteiger partial charge on any atom is -0.337 e. The smallest absolute Gasteiger partial charge is 0.254 e. The third-order valence-corrected chi connectivity index (χ3v) is 3.76. The highest BCUT2D eigenvalue weighted by molar-refractivity contribution is 7.88. The lowest BCUT2D eigenvalue weighted by Crippen LogP contribution is -2.32. The second-order valence-electron chi connectivity index (χ2n) is 4.93. The summed E-state index contributed by atoms with van der Waals surface area (Å²) >= 11 is 0. The third kappa shape index (κ3) is 3.99. The lowest BCUT2D eigenvalue weighted by molar-refractivity contribution is 0.0790. The van der Waals surface area contributed by atoms with Crippen LogP contribution in [0.1, 0.15) is 22.5 Å². The molecule has 1 aromatic rings. The van der Waals surface area contributed by atoms with E-state index in [-0.39, 0.29) is 18.5 Å². The second-order valence-corrected chi connectivity index (χ2v) is 6.76. The highest BCUT2D eigenvalue weighted by Crippen LogP contribution is 2.12. The van der Waals surface area contributed by atoms with Crippen LogP contribution in [-0.4, -0.2) is 49.6 Å². The van der Waals surface area contributed by atoms with Crippen LogP contribution in [0.25, 0.3) is 0 Å². The summed E-state index contributed by atoms with van der Waals surface area (Å²) in [7, 11) is -3.28. The Labute approximate surface area is 118 Å². The molecule has 0 saturated carbocycles. The van der Waals surface area contributed by atoms with E-state index in [0.717, 1.165) is 12.7 Å². The molecule has 1 saturated heterocycles. The largest absolute Gasteiger partial charge is 0.337 e. The zero-order chi connectivity index (χ0) is 14.8. The Hall–Kier alpha value is -1.51. The number of carbonyl (C=O) groups is 1. The van der Waals surface area contributed by atoms with Crippen LogP contribution >= 0.6 is 0 Å². The molecule has 20 heavy (non-hydrogen) atoms. The number of sulfonamides is 1. The first kappa shape index (κ1) is 14.9. The van der Waals surface area contributed by atoms with Crippen LogP contribution in [0.4, 0.5) is 0 Å². The predicted molar refractivity (Wildman–Crippen MR) is 74.4 cm³/mol. The fourth-order valence-corrected chi connectivity index (χ4v) is 2.48. The van der Waals surface area contributed by atoms with E-state index in [1.165, 1.54) is 6.20 Å². The maximum atomic E-state index is 12.2. The first-order valence-electron chi connectivity index (χ1n) is 6.29. The average molecular weight is 298 g/mol. The SMILES string of the molecule is CS(=O)(=O)NCc1cc(C(=O)N2CCC(N)C2)ccn1. The van der Waals surface area contributed by atoms with Crippen molar-refractivity contribution in [3.05, 3.63) is 29.6 Å². The molecule has 3 N–H and O–H groups in total. The second kappa shape index (κ2) is 5.86. The van der Waals surface area contributed by atoms with Crippen molar-refractivity contribution in [1.82, 2.24) is 14.6 Å². The van der Waals surface area contributed by atoms with E-state index in [1.54, 1.807) is 17.0 Å². The summed E-state index contributed by atoms with van der Waals surface area (Å²) in [5.74, 6) is -0.0963. The van der Waals surface area contributed by atoms with Gasteiger partial charge in [0.15, 0.2) is 0 Å². The van der Waals surface area contributed by atoms with E-state index in [1.807, 2.05) is 0 Å². The molecule has 0 aromatic carbocycles.